The summed E-state index contributed by atoms with van der Waals surface area (Å²) >= 11 is 0. The van der Waals surface area contributed by atoms with Crippen LogP contribution in [0, 0.1) is 12.3 Å². The van der Waals surface area contributed by atoms with Crippen molar-refractivity contribution in [3.8, 4) is 11.4 Å². The van der Waals surface area contributed by atoms with E-state index in [1.54, 1.807) is 0 Å². The summed E-state index contributed by atoms with van der Waals surface area (Å²) < 4.78 is 7.45. The SMILES string of the molecule is Cc1nnc2ccc(-c3noc(C4CCCN(C(=O)C(C)(C)C)C4)n3)cn12. The Balaban J connectivity index is 1.56. The van der Waals surface area contributed by atoms with Crippen molar-refractivity contribution in [3.63, 3.8) is 0 Å². The van der Waals surface area contributed by atoms with E-state index in [9.17, 15) is 4.79 Å². The Morgan fingerprint density at radius 1 is 1.26 bits per heavy atom. The molecular formula is C19H24N6O2. The fourth-order valence-corrected chi connectivity index (χ4v) is 3.49. The average molecular weight is 368 g/mol. The lowest BCUT2D eigenvalue weighted by atomic mass is 9.91. The monoisotopic (exact) mass is 368 g/mol. The molecule has 0 radical (unpaired) electrons. The van der Waals surface area contributed by atoms with E-state index >= 15 is 0 Å². The van der Waals surface area contributed by atoms with Gasteiger partial charge in [0.1, 0.15) is 5.82 Å². The van der Waals surface area contributed by atoms with Gasteiger partial charge in [0.15, 0.2) is 5.65 Å². The molecule has 0 bridgehead atoms. The van der Waals surface area contributed by atoms with Crippen LogP contribution in [-0.4, -0.2) is 48.6 Å². The van der Waals surface area contributed by atoms with E-state index in [-0.39, 0.29) is 17.2 Å². The summed E-state index contributed by atoms with van der Waals surface area (Å²) in [6, 6.07) is 3.80. The molecule has 1 unspecified atom stereocenters. The minimum absolute atomic E-state index is 0.0756. The number of aromatic nitrogens is 5. The van der Waals surface area contributed by atoms with Gasteiger partial charge in [-0.3, -0.25) is 9.20 Å². The van der Waals surface area contributed by atoms with Gasteiger partial charge in [0.25, 0.3) is 0 Å². The second-order valence-electron chi connectivity index (χ2n) is 8.19. The normalized spacial score (nSPS) is 18.2. The largest absolute Gasteiger partial charge is 0.341 e. The molecule has 1 amide bonds. The summed E-state index contributed by atoms with van der Waals surface area (Å²) in [6.45, 7) is 9.17. The topological polar surface area (TPSA) is 89.4 Å². The number of amides is 1. The number of pyridine rings is 1. The molecule has 3 aromatic heterocycles. The average Bonchev–Trinajstić information content (AvgIpc) is 3.28. The Morgan fingerprint density at radius 3 is 2.85 bits per heavy atom. The number of aryl methyl sites for hydroxylation is 1. The molecule has 8 nitrogen and oxygen atoms in total. The second kappa shape index (κ2) is 6.44. The van der Waals surface area contributed by atoms with Crippen LogP contribution < -0.4 is 0 Å². The first-order valence-corrected chi connectivity index (χ1v) is 9.27. The van der Waals surface area contributed by atoms with Crippen molar-refractivity contribution in [2.45, 2.75) is 46.5 Å². The molecule has 1 saturated heterocycles. The second-order valence-corrected chi connectivity index (χ2v) is 8.19. The predicted molar refractivity (Wildman–Crippen MR) is 99.0 cm³/mol. The molecular weight excluding hydrogens is 344 g/mol. The molecule has 1 atom stereocenters. The van der Waals surface area contributed by atoms with Crippen LogP contribution in [0.4, 0.5) is 0 Å². The fraction of sp³-hybridized carbons (Fsp3) is 0.526. The Hall–Kier alpha value is -2.77. The molecule has 27 heavy (non-hydrogen) atoms. The molecule has 8 heteroatoms. The highest BCUT2D eigenvalue weighted by molar-refractivity contribution is 5.81. The van der Waals surface area contributed by atoms with E-state index in [1.807, 2.05) is 55.3 Å². The number of nitrogens with zero attached hydrogens (tertiary/aromatic N) is 6. The van der Waals surface area contributed by atoms with Crippen LogP contribution in [0.3, 0.4) is 0 Å². The number of piperidine rings is 1. The lowest BCUT2D eigenvalue weighted by Gasteiger charge is -2.35. The van der Waals surface area contributed by atoms with Gasteiger partial charge in [-0.05, 0) is 31.9 Å². The molecule has 0 spiro atoms. The number of carbonyl (C=O) groups excluding carboxylic acids is 1. The lowest BCUT2D eigenvalue weighted by Crippen LogP contribution is -2.44. The number of hydrogen-bond acceptors (Lipinski definition) is 6. The minimum atomic E-state index is -0.381. The first-order valence-electron chi connectivity index (χ1n) is 9.27. The van der Waals surface area contributed by atoms with Crippen molar-refractivity contribution in [1.29, 1.82) is 0 Å². The molecule has 3 aromatic rings. The van der Waals surface area contributed by atoms with Gasteiger partial charge in [-0.15, -0.1) is 10.2 Å². The van der Waals surface area contributed by atoms with Crippen molar-refractivity contribution in [2.24, 2.45) is 5.41 Å². The molecule has 0 aliphatic carbocycles. The van der Waals surface area contributed by atoms with E-state index in [1.165, 1.54) is 0 Å². The Labute approximate surface area is 157 Å². The smallest absolute Gasteiger partial charge is 0.231 e. The van der Waals surface area contributed by atoms with Crippen LogP contribution >= 0.6 is 0 Å². The number of carbonyl (C=O) groups is 1. The molecule has 0 saturated carbocycles. The summed E-state index contributed by atoms with van der Waals surface area (Å²) in [5, 5.41) is 12.3. The zero-order valence-electron chi connectivity index (χ0n) is 16.1. The van der Waals surface area contributed by atoms with Gasteiger partial charge in [0, 0.05) is 30.3 Å². The number of fused-ring (bicyclic) bond motifs is 1. The van der Waals surface area contributed by atoms with Crippen molar-refractivity contribution in [1.82, 2.24) is 29.6 Å². The van der Waals surface area contributed by atoms with Crippen LogP contribution in [0.15, 0.2) is 22.9 Å². The van der Waals surface area contributed by atoms with Gasteiger partial charge in [-0.2, -0.15) is 4.98 Å². The molecule has 1 aliphatic rings. The van der Waals surface area contributed by atoms with Crippen molar-refractivity contribution < 1.29 is 9.32 Å². The number of rotatable bonds is 2. The first kappa shape index (κ1) is 17.6. The van der Waals surface area contributed by atoms with Gasteiger partial charge < -0.3 is 9.42 Å². The number of hydrogen-bond donors (Lipinski definition) is 0. The zero-order valence-corrected chi connectivity index (χ0v) is 16.1. The van der Waals surface area contributed by atoms with Crippen LogP contribution in [0.2, 0.25) is 0 Å². The van der Waals surface area contributed by atoms with Gasteiger partial charge in [-0.1, -0.05) is 25.9 Å². The third kappa shape index (κ3) is 3.31. The molecule has 1 fully saturated rings. The third-order valence-corrected chi connectivity index (χ3v) is 4.97. The highest BCUT2D eigenvalue weighted by Gasteiger charge is 2.33. The van der Waals surface area contributed by atoms with E-state index in [0.29, 0.717) is 18.3 Å². The quantitative estimate of drug-likeness (QED) is 0.691. The Bertz CT molecular complexity index is 984. The van der Waals surface area contributed by atoms with E-state index in [2.05, 4.69) is 20.3 Å². The highest BCUT2D eigenvalue weighted by Crippen LogP contribution is 2.30. The van der Waals surface area contributed by atoms with Crippen LogP contribution in [0.5, 0.6) is 0 Å². The van der Waals surface area contributed by atoms with Gasteiger partial charge in [0.05, 0.1) is 5.92 Å². The maximum atomic E-state index is 12.6. The first-order chi connectivity index (χ1) is 12.8. The standard InChI is InChI=1S/C19H24N6O2/c1-12-21-22-15-8-7-13(11-25(12)15)16-20-17(27-23-16)14-6-5-9-24(10-14)18(26)19(2,3)4/h7-8,11,14H,5-6,9-10H2,1-4H3. The van der Waals surface area contributed by atoms with Gasteiger partial charge >= 0.3 is 0 Å². The predicted octanol–water partition coefficient (Wildman–Crippen LogP) is 2.84. The molecule has 1 aliphatic heterocycles. The summed E-state index contributed by atoms with van der Waals surface area (Å²) in [4.78, 5) is 19.1. The third-order valence-electron chi connectivity index (χ3n) is 4.97. The lowest BCUT2D eigenvalue weighted by molar-refractivity contribution is -0.140. The van der Waals surface area contributed by atoms with Gasteiger partial charge in [0.2, 0.25) is 17.6 Å². The zero-order chi connectivity index (χ0) is 19.2. The number of likely N-dealkylation sites (tertiary alicyclic amines) is 1. The summed E-state index contributed by atoms with van der Waals surface area (Å²) in [6.07, 6.45) is 3.80. The van der Waals surface area contributed by atoms with Gasteiger partial charge in [-0.25, -0.2) is 0 Å². The van der Waals surface area contributed by atoms with E-state index in [0.717, 1.165) is 36.4 Å². The van der Waals surface area contributed by atoms with Crippen LogP contribution in [0.1, 0.15) is 51.2 Å². The van der Waals surface area contributed by atoms with Crippen molar-refractivity contribution in [3.05, 3.63) is 30.0 Å². The summed E-state index contributed by atoms with van der Waals surface area (Å²) in [5.74, 6) is 2.18. The maximum absolute atomic E-state index is 12.6. The van der Waals surface area contributed by atoms with Crippen LogP contribution in [0.25, 0.3) is 17.0 Å². The van der Waals surface area contributed by atoms with Crippen LogP contribution in [-0.2, 0) is 4.79 Å². The molecule has 142 valence electrons. The van der Waals surface area contributed by atoms with E-state index in [4.69, 9.17) is 4.52 Å². The van der Waals surface area contributed by atoms with E-state index < -0.39 is 0 Å². The summed E-state index contributed by atoms with van der Waals surface area (Å²) in [5.41, 5.74) is 1.25. The molecule has 0 aromatic carbocycles. The molecule has 0 N–H and O–H groups in total. The van der Waals surface area contributed by atoms with Crippen molar-refractivity contribution in [2.75, 3.05) is 13.1 Å². The Kier molecular flexibility index (Phi) is 4.20. The molecule has 4 rings (SSSR count). The maximum Gasteiger partial charge on any atom is 0.231 e. The molecule has 4 heterocycles. The Morgan fingerprint density at radius 2 is 2.07 bits per heavy atom. The summed E-state index contributed by atoms with van der Waals surface area (Å²) in [7, 11) is 0. The fourth-order valence-electron chi connectivity index (χ4n) is 3.49. The minimum Gasteiger partial charge on any atom is -0.341 e. The van der Waals surface area contributed by atoms with Crippen molar-refractivity contribution >= 4 is 11.6 Å². The highest BCUT2D eigenvalue weighted by atomic mass is 16.5.